The summed E-state index contributed by atoms with van der Waals surface area (Å²) in [7, 11) is 0. The van der Waals surface area contributed by atoms with Crippen molar-refractivity contribution in [1.29, 1.82) is 0 Å². The van der Waals surface area contributed by atoms with E-state index in [-0.39, 0.29) is 36.0 Å². The molecule has 2 aromatic carbocycles. The summed E-state index contributed by atoms with van der Waals surface area (Å²) in [5.74, 6) is -0.0975. The molecule has 2 N–H and O–H groups in total. The second-order valence-corrected chi connectivity index (χ2v) is 8.08. The van der Waals surface area contributed by atoms with E-state index in [4.69, 9.17) is 0 Å². The van der Waals surface area contributed by atoms with Crippen molar-refractivity contribution in [1.82, 2.24) is 15.1 Å². The fourth-order valence-electron chi connectivity index (χ4n) is 4.90. The molecule has 0 unspecified atom stereocenters. The van der Waals surface area contributed by atoms with E-state index in [1.165, 1.54) is 17.7 Å². The van der Waals surface area contributed by atoms with Crippen LogP contribution in [0.2, 0.25) is 0 Å². The summed E-state index contributed by atoms with van der Waals surface area (Å²) in [5.41, 5.74) is 1.99. The molecule has 2 aliphatic heterocycles. The Bertz CT molecular complexity index is 837. The smallest absolute Gasteiger partial charge is 0.317 e. The average molecular weight is 397 g/mol. The lowest BCUT2D eigenvalue weighted by molar-refractivity contribution is -0.183. The summed E-state index contributed by atoms with van der Waals surface area (Å²) in [6, 6.07) is 16.7. The van der Waals surface area contributed by atoms with Crippen LogP contribution in [0, 0.1) is 5.82 Å². The highest BCUT2D eigenvalue weighted by molar-refractivity contribution is 5.76. The molecule has 29 heavy (non-hydrogen) atoms. The van der Waals surface area contributed by atoms with Crippen LogP contribution >= 0.6 is 0 Å². The molecule has 2 saturated heterocycles. The summed E-state index contributed by atoms with van der Waals surface area (Å²) in [6.45, 7) is 4.62. The molecule has 0 bridgehead atoms. The third-order valence-electron chi connectivity index (χ3n) is 6.29. The molecule has 0 saturated carbocycles. The summed E-state index contributed by atoms with van der Waals surface area (Å²) < 4.78 is 13.3. The molecule has 2 aromatic rings. The minimum Gasteiger partial charge on any atom is -0.395 e. The van der Waals surface area contributed by atoms with Crippen LogP contribution in [0.1, 0.15) is 30.4 Å². The zero-order valence-corrected chi connectivity index (χ0v) is 16.7. The van der Waals surface area contributed by atoms with Crippen LogP contribution in [-0.2, 0) is 6.54 Å². The van der Waals surface area contributed by atoms with Gasteiger partial charge in [-0.15, -0.1) is 0 Å². The molecule has 0 aromatic heterocycles. The molecular weight excluding hydrogens is 369 g/mol. The highest BCUT2D eigenvalue weighted by atomic mass is 19.1. The van der Waals surface area contributed by atoms with Crippen molar-refractivity contribution in [2.45, 2.75) is 37.4 Å². The first-order chi connectivity index (χ1) is 14.1. The van der Waals surface area contributed by atoms with Gasteiger partial charge in [0.05, 0.1) is 12.1 Å². The number of benzene rings is 2. The van der Waals surface area contributed by atoms with Crippen molar-refractivity contribution in [3.63, 3.8) is 0 Å². The second kappa shape index (κ2) is 8.13. The van der Waals surface area contributed by atoms with Crippen LogP contribution in [0.15, 0.2) is 54.6 Å². The second-order valence-electron chi connectivity index (χ2n) is 8.08. The molecule has 154 valence electrons. The molecule has 1 spiro atoms. The maximum atomic E-state index is 13.3. The van der Waals surface area contributed by atoms with E-state index in [0.717, 1.165) is 12.0 Å². The summed E-state index contributed by atoms with van der Waals surface area (Å²) in [4.78, 5) is 16.6. The zero-order valence-electron chi connectivity index (χ0n) is 16.7. The Morgan fingerprint density at radius 2 is 1.86 bits per heavy atom. The standard InChI is InChI=1S/C23H28FN3O2/c1-2-12-25-22(29)26-15-23(16-26)21(18-6-4-3-5-7-18)20(14-28)27(23)13-17-8-10-19(24)11-9-17/h3-11,20-21,28H,2,12-16H2,1H3,(H,25,29)/t20-,21-/m1/s1. The van der Waals surface area contributed by atoms with Gasteiger partial charge in [-0.3, -0.25) is 4.90 Å². The molecule has 2 atom stereocenters. The number of aliphatic hydroxyl groups excluding tert-OH is 1. The lowest BCUT2D eigenvalue weighted by Crippen LogP contribution is -2.85. The molecule has 5 nitrogen and oxygen atoms in total. The van der Waals surface area contributed by atoms with Gasteiger partial charge >= 0.3 is 6.03 Å². The van der Waals surface area contributed by atoms with Crippen LogP contribution in [0.5, 0.6) is 0 Å². The Morgan fingerprint density at radius 1 is 1.17 bits per heavy atom. The predicted octanol–water partition coefficient (Wildman–Crippen LogP) is 2.96. The molecule has 2 heterocycles. The first-order valence-corrected chi connectivity index (χ1v) is 10.3. The number of hydrogen-bond donors (Lipinski definition) is 2. The van der Waals surface area contributed by atoms with E-state index >= 15 is 0 Å². The SMILES string of the molecule is CCCNC(=O)N1CC2(C1)[C@H](c1ccccc1)[C@@H](CO)N2Cc1ccc(F)cc1. The Morgan fingerprint density at radius 3 is 2.48 bits per heavy atom. The van der Waals surface area contributed by atoms with E-state index in [1.54, 1.807) is 12.1 Å². The zero-order chi connectivity index (χ0) is 20.4. The third-order valence-corrected chi connectivity index (χ3v) is 6.29. The van der Waals surface area contributed by atoms with Crippen LogP contribution in [-0.4, -0.2) is 58.8 Å². The molecule has 2 fully saturated rings. The maximum Gasteiger partial charge on any atom is 0.317 e. The van der Waals surface area contributed by atoms with Crippen molar-refractivity contribution in [3.8, 4) is 0 Å². The summed E-state index contributed by atoms with van der Waals surface area (Å²) >= 11 is 0. The summed E-state index contributed by atoms with van der Waals surface area (Å²) in [6.07, 6.45) is 0.903. The fraction of sp³-hybridized carbons (Fsp3) is 0.435. The van der Waals surface area contributed by atoms with Gasteiger partial charge in [-0.1, -0.05) is 49.4 Å². The van der Waals surface area contributed by atoms with Gasteiger partial charge < -0.3 is 15.3 Å². The number of halogens is 1. The Kier molecular flexibility index (Phi) is 5.56. The molecule has 4 rings (SSSR count). The van der Waals surface area contributed by atoms with Gasteiger partial charge in [0.2, 0.25) is 0 Å². The van der Waals surface area contributed by atoms with Crippen LogP contribution in [0.4, 0.5) is 9.18 Å². The number of urea groups is 1. The number of carbonyl (C=O) groups is 1. The number of amides is 2. The highest BCUT2D eigenvalue weighted by Crippen LogP contribution is 2.54. The van der Waals surface area contributed by atoms with Gasteiger partial charge in [0.15, 0.2) is 0 Å². The highest BCUT2D eigenvalue weighted by Gasteiger charge is 2.66. The van der Waals surface area contributed by atoms with Crippen LogP contribution < -0.4 is 5.32 Å². The number of hydrogen-bond acceptors (Lipinski definition) is 3. The van der Waals surface area contributed by atoms with Gasteiger partial charge in [0, 0.05) is 38.1 Å². The monoisotopic (exact) mass is 397 g/mol. The Hall–Kier alpha value is -2.44. The van der Waals surface area contributed by atoms with Gasteiger partial charge in [-0.2, -0.15) is 0 Å². The molecule has 0 aliphatic carbocycles. The lowest BCUT2D eigenvalue weighted by Gasteiger charge is -2.70. The Balaban J connectivity index is 1.58. The fourth-order valence-corrected chi connectivity index (χ4v) is 4.90. The predicted molar refractivity (Wildman–Crippen MR) is 110 cm³/mol. The molecule has 2 amide bonds. The minimum absolute atomic E-state index is 0.0247. The average Bonchev–Trinajstić information content (AvgIpc) is 2.70. The van der Waals surface area contributed by atoms with Gasteiger partial charge in [0.25, 0.3) is 0 Å². The van der Waals surface area contributed by atoms with Crippen LogP contribution in [0.3, 0.4) is 0 Å². The van der Waals surface area contributed by atoms with Crippen molar-refractivity contribution < 1.29 is 14.3 Å². The van der Waals surface area contributed by atoms with Gasteiger partial charge in [-0.05, 0) is 29.7 Å². The topological polar surface area (TPSA) is 55.8 Å². The largest absolute Gasteiger partial charge is 0.395 e. The first-order valence-electron chi connectivity index (χ1n) is 10.3. The number of nitrogens with one attached hydrogen (secondary N) is 1. The summed E-state index contributed by atoms with van der Waals surface area (Å²) in [5, 5.41) is 13.1. The van der Waals surface area contributed by atoms with E-state index in [9.17, 15) is 14.3 Å². The number of nitrogens with zero attached hydrogens (tertiary/aromatic N) is 2. The van der Waals surface area contributed by atoms with E-state index in [2.05, 4.69) is 22.3 Å². The lowest BCUT2D eigenvalue weighted by atomic mass is 9.60. The van der Waals surface area contributed by atoms with E-state index in [1.807, 2.05) is 30.0 Å². The van der Waals surface area contributed by atoms with E-state index in [0.29, 0.717) is 26.2 Å². The van der Waals surface area contributed by atoms with Crippen molar-refractivity contribution in [3.05, 3.63) is 71.5 Å². The maximum absolute atomic E-state index is 13.3. The third kappa shape index (κ3) is 3.51. The van der Waals surface area contributed by atoms with Gasteiger partial charge in [0.1, 0.15) is 5.82 Å². The molecular formula is C23H28FN3O2. The minimum atomic E-state index is -0.254. The normalized spacial score (nSPS) is 22.8. The first kappa shape index (κ1) is 19.9. The number of aliphatic hydroxyl groups is 1. The van der Waals surface area contributed by atoms with Crippen LogP contribution in [0.25, 0.3) is 0 Å². The van der Waals surface area contributed by atoms with E-state index < -0.39 is 0 Å². The number of carbonyl (C=O) groups excluding carboxylic acids is 1. The van der Waals surface area contributed by atoms with Crippen molar-refractivity contribution in [2.75, 3.05) is 26.2 Å². The quantitative estimate of drug-likeness (QED) is 0.788. The number of likely N-dealkylation sites (tertiary alicyclic amines) is 2. The van der Waals surface area contributed by atoms with Crippen molar-refractivity contribution >= 4 is 6.03 Å². The number of rotatable bonds is 6. The Labute approximate surface area is 171 Å². The molecule has 6 heteroatoms. The van der Waals surface area contributed by atoms with Crippen molar-refractivity contribution in [2.24, 2.45) is 0 Å². The molecule has 0 radical (unpaired) electrons. The molecule has 2 aliphatic rings. The van der Waals surface area contributed by atoms with Gasteiger partial charge in [-0.25, -0.2) is 9.18 Å².